The van der Waals surface area contributed by atoms with E-state index in [1.54, 1.807) is 0 Å². The van der Waals surface area contributed by atoms with Crippen LogP contribution in [-0.4, -0.2) is 67.9 Å². The third kappa shape index (κ3) is 4.58. The van der Waals surface area contributed by atoms with Crippen molar-refractivity contribution in [3.05, 3.63) is 29.3 Å². The lowest BCUT2D eigenvalue weighted by molar-refractivity contribution is -0.128. The zero-order valence-corrected chi connectivity index (χ0v) is 15.7. The first kappa shape index (κ1) is 17.9. The van der Waals surface area contributed by atoms with Crippen LogP contribution in [-0.2, 0) is 14.6 Å². The number of hydrogen-bond donors (Lipinski definition) is 0. The molecule has 1 amide bonds. The maximum atomic E-state index is 12.3. The fourth-order valence-electron chi connectivity index (χ4n) is 3.06. The summed E-state index contributed by atoms with van der Waals surface area (Å²) in [4.78, 5) is 16.4. The van der Waals surface area contributed by atoms with Gasteiger partial charge >= 0.3 is 0 Å². The molecule has 2 heterocycles. The summed E-state index contributed by atoms with van der Waals surface area (Å²) in [5.74, 6) is 0.956. The number of amides is 1. The summed E-state index contributed by atoms with van der Waals surface area (Å²) in [6.45, 7) is 2.95. The molecule has 3 rings (SSSR count). The van der Waals surface area contributed by atoms with Crippen LogP contribution in [0.1, 0.15) is 6.42 Å². The Kier molecular flexibility index (Phi) is 5.62. The van der Waals surface area contributed by atoms with Crippen molar-refractivity contribution in [3.63, 3.8) is 0 Å². The fraction of sp³-hybridized carbons (Fsp3) is 0.562. The Morgan fingerprint density at radius 3 is 2.62 bits per heavy atom. The maximum Gasteiger partial charge on any atom is 0.232 e. The van der Waals surface area contributed by atoms with E-state index >= 15 is 0 Å². The average molecular weight is 389 g/mol. The minimum absolute atomic E-state index is 0.0756. The van der Waals surface area contributed by atoms with Crippen molar-refractivity contribution in [1.29, 1.82) is 0 Å². The van der Waals surface area contributed by atoms with Crippen LogP contribution in [0.2, 0.25) is 5.02 Å². The molecule has 132 valence electrons. The van der Waals surface area contributed by atoms with Crippen molar-refractivity contribution in [2.24, 2.45) is 0 Å². The third-order valence-electron chi connectivity index (χ3n) is 4.44. The number of sulfone groups is 1. The molecular weight excluding hydrogens is 368 g/mol. The summed E-state index contributed by atoms with van der Waals surface area (Å²) in [7, 11) is -2.87. The van der Waals surface area contributed by atoms with E-state index in [-0.39, 0.29) is 22.7 Å². The first-order valence-corrected chi connectivity index (χ1v) is 11.3. The molecule has 2 fully saturated rings. The molecule has 0 aromatic heterocycles. The molecule has 1 aromatic rings. The fourth-order valence-corrected chi connectivity index (χ4v) is 6.79. The number of piperazine rings is 1. The molecule has 0 N–H and O–H groups in total. The number of hydrogen-bond acceptors (Lipinski definition) is 5. The summed E-state index contributed by atoms with van der Waals surface area (Å²) in [6, 6.07) is 7.75. The van der Waals surface area contributed by atoms with Crippen molar-refractivity contribution in [2.75, 3.05) is 48.3 Å². The number of halogens is 1. The Morgan fingerprint density at radius 2 is 2.00 bits per heavy atom. The summed E-state index contributed by atoms with van der Waals surface area (Å²) in [6.07, 6.45) is 0.669. The minimum Gasteiger partial charge on any atom is -0.368 e. The van der Waals surface area contributed by atoms with Gasteiger partial charge in [-0.15, -0.1) is 11.8 Å². The number of carbonyl (C=O) groups is 1. The summed E-state index contributed by atoms with van der Waals surface area (Å²) in [5, 5.41) is 0.792. The lowest BCUT2D eigenvalue weighted by atomic mass is 10.2. The second kappa shape index (κ2) is 7.54. The van der Waals surface area contributed by atoms with Crippen LogP contribution >= 0.6 is 23.4 Å². The lowest BCUT2D eigenvalue weighted by Gasteiger charge is -2.36. The highest BCUT2D eigenvalue weighted by Gasteiger charge is 2.29. The number of nitrogens with zero attached hydrogens (tertiary/aromatic N) is 2. The zero-order valence-electron chi connectivity index (χ0n) is 13.4. The highest BCUT2D eigenvalue weighted by atomic mass is 35.5. The van der Waals surface area contributed by atoms with Gasteiger partial charge < -0.3 is 9.80 Å². The molecule has 0 aliphatic carbocycles. The quantitative estimate of drug-likeness (QED) is 0.788. The van der Waals surface area contributed by atoms with Crippen LogP contribution in [0.15, 0.2) is 24.3 Å². The number of benzene rings is 1. The molecule has 0 bridgehead atoms. The molecule has 1 atom stereocenters. The van der Waals surface area contributed by atoms with E-state index in [1.165, 1.54) is 11.8 Å². The predicted molar refractivity (Wildman–Crippen MR) is 99.8 cm³/mol. The zero-order chi connectivity index (χ0) is 17.2. The molecule has 0 saturated carbocycles. The van der Waals surface area contributed by atoms with Crippen LogP contribution in [0.5, 0.6) is 0 Å². The van der Waals surface area contributed by atoms with Crippen molar-refractivity contribution < 1.29 is 13.2 Å². The highest BCUT2D eigenvalue weighted by Crippen LogP contribution is 2.25. The second-order valence-corrected chi connectivity index (χ2v) is 10.1. The molecule has 0 unspecified atom stereocenters. The number of anilines is 1. The summed E-state index contributed by atoms with van der Waals surface area (Å²) < 4.78 is 22.9. The van der Waals surface area contributed by atoms with Gasteiger partial charge in [-0.25, -0.2) is 8.42 Å². The number of rotatable bonds is 4. The molecule has 5 nitrogen and oxygen atoms in total. The van der Waals surface area contributed by atoms with Crippen LogP contribution in [0.25, 0.3) is 0 Å². The van der Waals surface area contributed by atoms with Crippen LogP contribution in [0, 0.1) is 0 Å². The molecule has 2 aliphatic rings. The second-order valence-electron chi connectivity index (χ2n) is 6.18. The van der Waals surface area contributed by atoms with Crippen molar-refractivity contribution in [3.8, 4) is 0 Å². The van der Waals surface area contributed by atoms with E-state index in [9.17, 15) is 13.2 Å². The van der Waals surface area contributed by atoms with Crippen LogP contribution in [0.4, 0.5) is 5.69 Å². The highest BCUT2D eigenvalue weighted by molar-refractivity contribution is 8.02. The Balaban J connectivity index is 1.45. The molecular formula is C16H21ClN2O3S2. The summed E-state index contributed by atoms with van der Waals surface area (Å²) in [5.41, 5.74) is 1.08. The van der Waals surface area contributed by atoms with E-state index in [0.717, 1.165) is 18.8 Å². The topological polar surface area (TPSA) is 57.7 Å². The molecule has 2 aliphatic heterocycles. The molecule has 2 saturated heterocycles. The van der Waals surface area contributed by atoms with Gasteiger partial charge in [0.2, 0.25) is 5.91 Å². The Morgan fingerprint density at radius 1 is 1.25 bits per heavy atom. The number of carbonyl (C=O) groups excluding carboxylic acids is 1. The van der Waals surface area contributed by atoms with E-state index in [0.29, 0.717) is 30.3 Å². The van der Waals surface area contributed by atoms with Gasteiger partial charge in [-0.1, -0.05) is 17.7 Å². The van der Waals surface area contributed by atoms with Crippen LogP contribution < -0.4 is 4.90 Å². The van der Waals surface area contributed by atoms with Gasteiger partial charge in [0, 0.05) is 42.1 Å². The first-order valence-electron chi connectivity index (χ1n) is 8.03. The maximum absolute atomic E-state index is 12.3. The van der Waals surface area contributed by atoms with Gasteiger partial charge in [0.1, 0.15) is 0 Å². The minimum atomic E-state index is -2.87. The SMILES string of the molecule is O=C(CS[C@@H]1CCS(=O)(=O)C1)N1CCN(c2cccc(Cl)c2)CC1. The van der Waals surface area contributed by atoms with Crippen molar-refractivity contribution in [1.82, 2.24) is 4.90 Å². The van der Waals surface area contributed by atoms with E-state index in [1.807, 2.05) is 29.2 Å². The van der Waals surface area contributed by atoms with Gasteiger partial charge in [0.15, 0.2) is 9.84 Å². The normalized spacial score (nSPS) is 23.5. The monoisotopic (exact) mass is 388 g/mol. The molecule has 1 aromatic carbocycles. The first-order chi connectivity index (χ1) is 11.4. The summed E-state index contributed by atoms with van der Waals surface area (Å²) >= 11 is 7.52. The van der Waals surface area contributed by atoms with Gasteiger partial charge in [-0.3, -0.25) is 4.79 Å². The third-order valence-corrected chi connectivity index (χ3v) is 7.94. The van der Waals surface area contributed by atoms with Crippen LogP contribution in [0.3, 0.4) is 0 Å². The van der Waals surface area contributed by atoms with Crippen molar-refractivity contribution >= 4 is 44.8 Å². The van der Waals surface area contributed by atoms with E-state index in [4.69, 9.17) is 11.6 Å². The van der Waals surface area contributed by atoms with Crippen molar-refractivity contribution in [2.45, 2.75) is 11.7 Å². The van der Waals surface area contributed by atoms with E-state index in [2.05, 4.69) is 4.90 Å². The molecule has 0 spiro atoms. The Bertz CT molecular complexity index is 703. The van der Waals surface area contributed by atoms with Gasteiger partial charge in [-0.05, 0) is 24.6 Å². The Hall–Kier alpha value is -0.920. The Labute approximate surface area is 152 Å². The largest absolute Gasteiger partial charge is 0.368 e. The standard InChI is InChI=1S/C16H21ClN2O3S2/c17-13-2-1-3-14(10-13)18-5-7-19(8-6-18)16(20)11-23-15-4-9-24(21,22)12-15/h1-3,10,15H,4-9,11-12H2/t15-/m1/s1. The lowest BCUT2D eigenvalue weighted by Crippen LogP contribution is -2.49. The average Bonchev–Trinajstić information content (AvgIpc) is 2.92. The van der Waals surface area contributed by atoms with Gasteiger partial charge in [0.25, 0.3) is 0 Å². The number of thioether (sulfide) groups is 1. The smallest absolute Gasteiger partial charge is 0.232 e. The predicted octanol–water partition coefficient (Wildman–Crippen LogP) is 1.91. The molecule has 24 heavy (non-hydrogen) atoms. The van der Waals surface area contributed by atoms with E-state index < -0.39 is 9.84 Å². The van der Waals surface area contributed by atoms with Gasteiger partial charge in [0.05, 0.1) is 17.3 Å². The molecule has 0 radical (unpaired) electrons. The van der Waals surface area contributed by atoms with Gasteiger partial charge in [-0.2, -0.15) is 0 Å². The molecule has 8 heteroatoms.